The lowest BCUT2D eigenvalue weighted by Crippen LogP contribution is -2.45. The summed E-state index contributed by atoms with van der Waals surface area (Å²) in [6, 6.07) is 9.35. The number of rotatable bonds is 7. The van der Waals surface area contributed by atoms with Gasteiger partial charge in [-0.1, -0.05) is 47.3 Å². The molecule has 1 heterocycles. The van der Waals surface area contributed by atoms with Gasteiger partial charge in [0, 0.05) is 24.2 Å². The van der Waals surface area contributed by atoms with Crippen LogP contribution in [0.25, 0.3) is 0 Å². The molecule has 0 bridgehead atoms. The van der Waals surface area contributed by atoms with Gasteiger partial charge in [-0.05, 0) is 62.9 Å². The third-order valence-corrected chi connectivity index (χ3v) is 9.77. The molecule has 0 amide bonds. The predicted octanol–water partition coefficient (Wildman–Crippen LogP) is 4.52. The molecule has 0 radical (unpaired) electrons. The molecule has 2 aromatic rings. The van der Waals surface area contributed by atoms with Crippen molar-refractivity contribution >= 4 is 43.2 Å². The molecular formula is C21H26Cl2N2O4S2. The normalized spacial score (nSPS) is 18.3. The molecule has 1 unspecified atom stereocenters. The highest BCUT2D eigenvalue weighted by Gasteiger charge is 2.33. The zero-order valence-electron chi connectivity index (χ0n) is 17.4. The van der Waals surface area contributed by atoms with Crippen LogP contribution in [-0.2, 0) is 20.0 Å². The molecule has 1 saturated heterocycles. The van der Waals surface area contributed by atoms with Gasteiger partial charge < -0.3 is 0 Å². The van der Waals surface area contributed by atoms with Crippen LogP contribution in [0, 0.1) is 13.8 Å². The number of nitrogens with one attached hydrogen (secondary N) is 1. The second-order valence-electron chi connectivity index (χ2n) is 7.80. The number of hydrogen-bond acceptors (Lipinski definition) is 4. The topological polar surface area (TPSA) is 83.6 Å². The van der Waals surface area contributed by atoms with Gasteiger partial charge in [-0.15, -0.1) is 0 Å². The highest BCUT2D eigenvalue weighted by Crippen LogP contribution is 2.29. The highest BCUT2D eigenvalue weighted by atomic mass is 35.5. The molecule has 1 fully saturated rings. The van der Waals surface area contributed by atoms with Crippen molar-refractivity contribution in [1.82, 2.24) is 9.03 Å². The lowest BCUT2D eigenvalue weighted by atomic mass is 10.0. The Bertz CT molecular complexity index is 1150. The Morgan fingerprint density at radius 1 is 1.00 bits per heavy atom. The molecule has 6 nitrogen and oxygen atoms in total. The Kier molecular flexibility index (Phi) is 7.71. The average molecular weight is 505 g/mol. The summed E-state index contributed by atoms with van der Waals surface area (Å²) < 4.78 is 55.8. The van der Waals surface area contributed by atoms with Crippen molar-refractivity contribution in [3.8, 4) is 0 Å². The van der Waals surface area contributed by atoms with E-state index >= 15 is 0 Å². The average Bonchev–Trinajstić information content (AvgIpc) is 2.71. The van der Waals surface area contributed by atoms with Gasteiger partial charge >= 0.3 is 0 Å². The summed E-state index contributed by atoms with van der Waals surface area (Å²) in [5.41, 5.74) is 1.59. The zero-order valence-corrected chi connectivity index (χ0v) is 20.6. The van der Waals surface area contributed by atoms with Gasteiger partial charge in [-0.2, -0.15) is 4.31 Å². The maximum atomic E-state index is 13.2. The number of benzene rings is 2. The maximum Gasteiger partial charge on any atom is 0.243 e. The number of sulfonamides is 2. The summed E-state index contributed by atoms with van der Waals surface area (Å²) in [4.78, 5) is 0.220. The molecular weight excluding hydrogens is 479 g/mol. The lowest BCUT2D eigenvalue weighted by molar-refractivity contribution is 0.242. The van der Waals surface area contributed by atoms with Crippen molar-refractivity contribution < 1.29 is 16.8 Å². The van der Waals surface area contributed by atoms with Gasteiger partial charge in [0.2, 0.25) is 20.0 Å². The van der Waals surface area contributed by atoms with E-state index in [0.29, 0.717) is 30.0 Å². The number of halogens is 2. The Morgan fingerprint density at radius 2 is 1.68 bits per heavy atom. The number of piperidine rings is 1. The van der Waals surface area contributed by atoms with Crippen LogP contribution >= 0.6 is 23.2 Å². The first kappa shape index (κ1) is 24.5. The molecule has 0 spiro atoms. The second-order valence-corrected chi connectivity index (χ2v) is 12.2. The largest absolute Gasteiger partial charge is 0.243 e. The fraction of sp³-hybridized carbons (Fsp3) is 0.429. The van der Waals surface area contributed by atoms with Crippen LogP contribution in [0.1, 0.15) is 36.8 Å². The Hall–Kier alpha value is -1.16. The molecule has 0 aliphatic carbocycles. The molecule has 31 heavy (non-hydrogen) atoms. The van der Waals surface area contributed by atoms with E-state index in [1.165, 1.54) is 16.4 Å². The maximum absolute atomic E-state index is 13.2. The van der Waals surface area contributed by atoms with Crippen LogP contribution in [0.5, 0.6) is 0 Å². The van der Waals surface area contributed by atoms with E-state index in [1.54, 1.807) is 31.2 Å². The van der Waals surface area contributed by atoms with Crippen molar-refractivity contribution in [1.29, 1.82) is 0 Å². The van der Waals surface area contributed by atoms with Crippen LogP contribution in [0.4, 0.5) is 0 Å². The quantitative estimate of drug-likeness (QED) is 0.600. The van der Waals surface area contributed by atoms with E-state index in [-0.39, 0.29) is 27.4 Å². The van der Waals surface area contributed by atoms with E-state index in [0.717, 1.165) is 18.4 Å². The second kappa shape index (κ2) is 9.77. The van der Waals surface area contributed by atoms with E-state index in [2.05, 4.69) is 4.72 Å². The molecule has 10 heteroatoms. The molecule has 2 aromatic carbocycles. The molecule has 170 valence electrons. The highest BCUT2D eigenvalue weighted by molar-refractivity contribution is 7.89. The number of aryl methyl sites for hydroxylation is 2. The van der Waals surface area contributed by atoms with Crippen molar-refractivity contribution in [2.75, 3.05) is 13.1 Å². The van der Waals surface area contributed by atoms with Crippen LogP contribution < -0.4 is 4.72 Å². The minimum Gasteiger partial charge on any atom is -0.211 e. The molecule has 1 N–H and O–H groups in total. The van der Waals surface area contributed by atoms with Gasteiger partial charge in [0.05, 0.1) is 9.92 Å². The summed E-state index contributed by atoms with van der Waals surface area (Å²) in [6.07, 6.45) is 2.74. The summed E-state index contributed by atoms with van der Waals surface area (Å²) in [6.45, 7) is 4.13. The first-order valence-electron chi connectivity index (χ1n) is 10.1. The SMILES string of the molecule is Cc1ccc(S(=O)(=O)N2CCCCC2CCNS(=O)(=O)c2cc(C)c(Cl)cc2Cl)cc1. The van der Waals surface area contributed by atoms with Gasteiger partial charge in [0.25, 0.3) is 0 Å². The van der Waals surface area contributed by atoms with Crippen LogP contribution in [0.15, 0.2) is 46.2 Å². The Labute approximate surface area is 194 Å². The third kappa shape index (κ3) is 5.61. The van der Waals surface area contributed by atoms with Gasteiger partial charge in [0.15, 0.2) is 0 Å². The molecule has 0 aromatic heterocycles. The first-order valence-corrected chi connectivity index (χ1v) is 13.7. The molecule has 1 aliphatic heterocycles. The smallest absolute Gasteiger partial charge is 0.211 e. The Morgan fingerprint density at radius 3 is 2.35 bits per heavy atom. The summed E-state index contributed by atoms with van der Waals surface area (Å²) in [5.74, 6) is 0. The zero-order chi connectivity index (χ0) is 22.8. The third-order valence-electron chi connectivity index (χ3n) is 5.47. The molecule has 1 aliphatic rings. The first-order chi connectivity index (χ1) is 14.5. The molecule has 3 rings (SSSR count). The van der Waals surface area contributed by atoms with Gasteiger partial charge in [-0.25, -0.2) is 21.6 Å². The van der Waals surface area contributed by atoms with Crippen molar-refractivity contribution in [2.45, 2.75) is 55.4 Å². The van der Waals surface area contributed by atoms with Crippen molar-refractivity contribution in [2.24, 2.45) is 0 Å². The van der Waals surface area contributed by atoms with Crippen LogP contribution in [0.3, 0.4) is 0 Å². The number of nitrogens with zero attached hydrogens (tertiary/aromatic N) is 1. The summed E-state index contributed by atoms with van der Waals surface area (Å²) in [7, 11) is -7.49. The van der Waals surface area contributed by atoms with E-state index in [4.69, 9.17) is 23.2 Å². The Balaban J connectivity index is 1.72. The van der Waals surface area contributed by atoms with E-state index < -0.39 is 20.0 Å². The summed E-state index contributed by atoms with van der Waals surface area (Å²) >= 11 is 12.1. The van der Waals surface area contributed by atoms with Gasteiger partial charge in [0.1, 0.15) is 4.90 Å². The lowest BCUT2D eigenvalue weighted by Gasteiger charge is -2.34. The van der Waals surface area contributed by atoms with Crippen LogP contribution in [-0.4, -0.2) is 40.3 Å². The monoisotopic (exact) mass is 504 g/mol. The minimum absolute atomic E-state index is 0.0381. The fourth-order valence-corrected chi connectivity index (χ4v) is 7.30. The fourth-order valence-electron chi connectivity index (χ4n) is 3.70. The van der Waals surface area contributed by atoms with Crippen LogP contribution in [0.2, 0.25) is 10.0 Å². The van der Waals surface area contributed by atoms with E-state index in [9.17, 15) is 16.8 Å². The van der Waals surface area contributed by atoms with E-state index in [1.807, 2.05) is 6.92 Å². The standard InChI is InChI=1S/C21H26Cl2N2O4S2/c1-15-6-8-18(9-7-15)31(28,29)25-12-4-3-5-17(25)10-11-24-30(26,27)21-13-16(2)19(22)14-20(21)23/h6-9,13-14,17,24H,3-5,10-12H2,1-2H3. The molecule has 0 saturated carbocycles. The number of hydrogen-bond donors (Lipinski definition) is 1. The van der Waals surface area contributed by atoms with Crippen molar-refractivity contribution in [3.63, 3.8) is 0 Å². The van der Waals surface area contributed by atoms with Gasteiger partial charge in [-0.3, -0.25) is 0 Å². The summed E-state index contributed by atoms with van der Waals surface area (Å²) in [5, 5.41) is 0.437. The minimum atomic E-state index is -3.85. The van der Waals surface area contributed by atoms with Crippen molar-refractivity contribution in [3.05, 3.63) is 57.6 Å². The molecule has 1 atom stereocenters. The predicted molar refractivity (Wildman–Crippen MR) is 124 cm³/mol.